The lowest BCUT2D eigenvalue weighted by molar-refractivity contribution is -0.137. The fourth-order valence-electron chi connectivity index (χ4n) is 3.37. The van der Waals surface area contributed by atoms with Gasteiger partial charge >= 0.3 is 6.18 Å². The number of alkyl halides is 3. The molecule has 0 spiro atoms. The van der Waals surface area contributed by atoms with Gasteiger partial charge in [0.1, 0.15) is 0 Å². The van der Waals surface area contributed by atoms with E-state index in [2.05, 4.69) is 15.2 Å². The van der Waals surface area contributed by atoms with E-state index in [-0.39, 0.29) is 24.0 Å². The van der Waals surface area contributed by atoms with Crippen molar-refractivity contribution in [3.05, 3.63) is 64.7 Å². The van der Waals surface area contributed by atoms with E-state index in [9.17, 15) is 18.0 Å². The van der Waals surface area contributed by atoms with E-state index in [0.717, 1.165) is 11.6 Å². The predicted octanol–water partition coefficient (Wildman–Crippen LogP) is 4.06. The van der Waals surface area contributed by atoms with E-state index in [1.165, 1.54) is 17.0 Å². The molecule has 1 atom stereocenters. The van der Waals surface area contributed by atoms with Crippen LogP contribution in [0.25, 0.3) is 11.4 Å². The van der Waals surface area contributed by atoms with Gasteiger partial charge in [-0.3, -0.25) is 9.78 Å². The molecule has 1 amide bonds. The van der Waals surface area contributed by atoms with Gasteiger partial charge in [-0.05, 0) is 30.7 Å². The summed E-state index contributed by atoms with van der Waals surface area (Å²) >= 11 is 5.99. The molecule has 4 rings (SSSR count). The molecule has 0 saturated carbocycles. The molecule has 6 nitrogen and oxygen atoms in total. The molecule has 0 saturated heterocycles. The molecule has 1 aliphatic rings. The maximum atomic E-state index is 13.1. The number of carbonyl (C=O) groups is 1. The van der Waals surface area contributed by atoms with Crippen LogP contribution in [-0.4, -0.2) is 36.6 Å². The van der Waals surface area contributed by atoms with Crippen LogP contribution in [-0.2, 0) is 19.3 Å². The molecule has 0 unspecified atom stereocenters. The smallest absolute Gasteiger partial charge is 0.327 e. The highest BCUT2D eigenvalue weighted by Gasteiger charge is 2.36. The maximum absolute atomic E-state index is 13.1. The minimum atomic E-state index is -4.57. The monoisotopic (exact) mass is 421 g/mol. The predicted molar refractivity (Wildman–Crippen MR) is 99.0 cm³/mol. The molecular weight excluding hydrogens is 407 g/mol. The highest BCUT2D eigenvalue weighted by atomic mass is 35.5. The summed E-state index contributed by atoms with van der Waals surface area (Å²) in [6.07, 6.45) is -1.31. The molecule has 3 aromatic rings. The fraction of sp³-hybridized carbons (Fsp3) is 0.263. The van der Waals surface area contributed by atoms with E-state index in [0.29, 0.717) is 12.4 Å². The third-order valence-electron chi connectivity index (χ3n) is 4.83. The van der Waals surface area contributed by atoms with Crippen LogP contribution in [0.4, 0.5) is 13.2 Å². The minimum absolute atomic E-state index is 0.0577. The van der Waals surface area contributed by atoms with Gasteiger partial charge in [0, 0.05) is 37.1 Å². The van der Waals surface area contributed by atoms with Gasteiger partial charge in [0.15, 0.2) is 5.82 Å². The Morgan fingerprint density at radius 3 is 2.62 bits per heavy atom. The van der Waals surface area contributed by atoms with Gasteiger partial charge in [-0.15, -0.1) is 10.2 Å². The number of benzene rings is 1. The molecule has 0 radical (unpaired) electrons. The Hall–Kier alpha value is -2.94. The van der Waals surface area contributed by atoms with Gasteiger partial charge < -0.3 is 9.47 Å². The van der Waals surface area contributed by atoms with Crippen molar-refractivity contribution < 1.29 is 18.0 Å². The summed E-state index contributed by atoms with van der Waals surface area (Å²) in [5, 5.41) is 7.71. The molecule has 0 aliphatic carbocycles. The largest absolute Gasteiger partial charge is 0.417 e. The molecular formula is C19H15ClF3N5O. The van der Waals surface area contributed by atoms with Crippen LogP contribution in [0.15, 0.2) is 42.7 Å². The number of hydrogen-bond acceptors (Lipinski definition) is 4. The van der Waals surface area contributed by atoms with Crippen LogP contribution in [0, 0.1) is 0 Å². The summed E-state index contributed by atoms with van der Waals surface area (Å²) in [5.41, 5.74) is 0.0265. The van der Waals surface area contributed by atoms with Crippen LogP contribution in [0.5, 0.6) is 0 Å². The number of nitrogens with zero attached hydrogens (tertiary/aromatic N) is 5. The lowest BCUT2D eigenvalue weighted by atomic mass is 10.1. The first-order valence-corrected chi connectivity index (χ1v) is 9.14. The van der Waals surface area contributed by atoms with Gasteiger partial charge in [0.25, 0.3) is 5.91 Å². The van der Waals surface area contributed by atoms with Crippen LogP contribution < -0.4 is 0 Å². The van der Waals surface area contributed by atoms with Crippen LogP contribution in [0.2, 0.25) is 5.02 Å². The second-order valence-corrected chi connectivity index (χ2v) is 7.14. The lowest BCUT2D eigenvalue weighted by Crippen LogP contribution is -2.46. The van der Waals surface area contributed by atoms with Crippen molar-refractivity contribution in [3.63, 3.8) is 0 Å². The molecule has 3 heterocycles. The van der Waals surface area contributed by atoms with Crippen LogP contribution >= 0.6 is 11.6 Å². The van der Waals surface area contributed by atoms with Gasteiger partial charge in [-0.1, -0.05) is 23.7 Å². The SMILES string of the molecule is C[C@H]1Cn2c(nnc2-c2cccnc2)C(=O)N1Cc1cccc(C(F)(F)F)c1Cl. The normalized spacial score (nSPS) is 16.8. The van der Waals surface area contributed by atoms with Gasteiger partial charge in [0.2, 0.25) is 5.82 Å². The van der Waals surface area contributed by atoms with Crippen molar-refractivity contribution in [2.45, 2.75) is 32.2 Å². The molecule has 1 aromatic carbocycles. The summed E-state index contributed by atoms with van der Waals surface area (Å²) in [4.78, 5) is 18.5. The molecule has 0 bridgehead atoms. The zero-order chi connectivity index (χ0) is 20.8. The van der Waals surface area contributed by atoms with Gasteiger partial charge in [0.05, 0.1) is 10.6 Å². The minimum Gasteiger partial charge on any atom is -0.327 e. The second kappa shape index (κ2) is 7.14. The molecule has 29 heavy (non-hydrogen) atoms. The summed E-state index contributed by atoms with van der Waals surface area (Å²) < 4.78 is 41.1. The van der Waals surface area contributed by atoms with Crippen LogP contribution in [0.3, 0.4) is 0 Å². The Labute approximate surface area is 168 Å². The average Bonchev–Trinajstić information content (AvgIpc) is 3.10. The number of pyridine rings is 1. The summed E-state index contributed by atoms with van der Waals surface area (Å²) in [6.45, 7) is 2.15. The van der Waals surface area contributed by atoms with Crippen molar-refractivity contribution >= 4 is 17.5 Å². The lowest BCUT2D eigenvalue weighted by Gasteiger charge is -2.34. The molecule has 2 aromatic heterocycles. The number of hydrogen-bond donors (Lipinski definition) is 0. The zero-order valence-corrected chi connectivity index (χ0v) is 15.9. The summed E-state index contributed by atoms with van der Waals surface area (Å²) in [7, 11) is 0. The average molecular weight is 422 g/mol. The first kappa shape index (κ1) is 19.4. The van der Waals surface area contributed by atoms with Crippen molar-refractivity contribution in [2.24, 2.45) is 0 Å². The number of halogens is 4. The van der Waals surface area contributed by atoms with Gasteiger partial charge in [-0.25, -0.2) is 0 Å². The van der Waals surface area contributed by atoms with Crippen LogP contribution in [0.1, 0.15) is 28.7 Å². The highest BCUT2D eigenvalue weighted by molar-refractivity contribution is 6.32. The van der Waals surface area contributed by atoms with Crippen molar-refractivity contribution in [2.75, 3.05) is 0 Å². The Bertz CT molecular complexity index is 1070. The number of rotatable bonds is 3. The number of carbonyl (C=O) groups excluding carboxylic acids is 1. The van der Waals surface area contributed by atoms with E-state index >= 15 is 0 Å². The molecule has 0 fully saturated rings. The van der Waals surface area contributed by atoms with Gasteiger partial charge in [-0.2, -0.15) is 13.2 Å². The Morgan fingerprint density at radius 2 is 1.93 bits per heavy atom. The quantitative estimate of drug-likeness (QED) is 0.640. The Kier molecular flexibility index (Phi) is 4.77. The van der Waals surface area contributed by atoms with E-state index < -0.39 is 22.7 Å². The van der Waals surface area contributed by atoms with Crippen molar-refractivity contribution in [3.8, 4) is 11.4 Å². The first-order chi connectivity index (χ1) is 13.8. The summed E-state index contributed by atoms with van der Waals surface area (Å²) in [5.74, 6) is 0.231. The summed E-state index contributed by atoms with van der Waals surface area (Å²) in [6, 6.07) is 6.96. The third kappa shape index (κ3) is 3.46. The standard InChI is InChI=1S/C19H15ClF3N5O/c1-11-9-28-16(12-5-3-7-24-8-12)25-26-17(28)18(29)27(11)10-13-4-2-6-14(15(13)20)19(21,22)23/h2-8,11H,9-10H2,1H3/t11-/m0/s1. The Balaban J connectivity index is 1.66. The topological polar surface area (TPSA) is 63.9 Å². The molecule has 10 heteroatoms. The second-order valence-electron chi connectivity index (χ2n) is 6.76. The molecule has 0 N–H and O–H groups in total. The number of aromatic nitrogens is 4. The van der Waals surface area contributed by atoms with E-state index in [4.69, 9.17) is 11.6 Å². The third-order valence-corrected chi connectivity index (χ3v) is 5.27. The van der Waals surface area contributed by atoms with E-state index in [1.807, 2.05) is 13.0 Å². The number of fused-ring (bicyclic) bond motifs is 1. The Morgan fingerprint density at radius 1 is 1.17 bits per heavy atom. The molecule has 150 valence electrons. The van der Waals surface area contributed by atoms with E-state index in [1.54, 1.807) is 23.0 Å². The highest BCUT2D eigenvalue weighted by Crippen LogP contribution is 2.37. The first-order valence-electron chi connectivity index (χ1n) is 8.76. The van der Waals surface area contributed by atoms with Crippen molar-refractivity contribution in [1.29, 1.82) is 0 Å². The zero-order valence-electron chi connectivity index (χ0n) is 15.2. The molecule has 1 aliphatic heterocycles. The van der Waals surface area contributed by atoms with Crippen molar-refractivity contribution in [1.82, 2.24) is 24.6 Å². The number of amides is 1. The maximum Gasteiger partial charge on any atom is 0.417 e. The fourth-order valence-corrected chi connectivity index (χ4v) is 3.66.